The van der Waals surface area contributed by atoms with E-state index in [-0.39, 0.29) is 17.3 Å². The largest absolute Gasteiger partial charge is 0.444 e. The maximum absolute atomic E-state index is 12.4. The minimum absolute atomic E-state index is 0.179. The van der Waals surface area contributed by atoms with Crippen LogP contribution in [0.25, 0.3) is 0 Å². The lowest BCUT2D eigenvalue weighted by Crippen LogP contribution is -2.24. The maximum Gasteiger partial charge on any atom is 0.289 e. The van der Waals surface area contributed by atoms with Crippen LogP contribution in [-0.4, -0.2) is 18.3 Å². The summed E-state index contributed by atoms with van der Waals surface area (Å²) in [6, 6.07) is 2.55. The number of aryl methyl sites for hydroxylation is 4. The second-order valence-electron chi connectivity index (χ2n) is 5.24. The Balaban J connectivity index is 2.35. The molecule has 124 valence electrons. The van der Waals surface area contributed by atoms with Crippen LogP contribution < -0.4 is 4.72 Å². The summed E-state index contributed by atoms with van der Waals surface area (Å²) in [5, 5.41) is 11.1. The second kappa shape index (κ2) is 6.09. The zero-order chi connectivity index (χ0) is 17.4. The molecule has 0 bridgehead atoms. The SMILES string of the molecule is Cc1cc([N+](=O)[O-])c(S(=O)(=O)NCc2nc(C)c(C)o2)cc1C. The van der Waals surface area contributed by atoms with E-state index in [0.29, 0.717) is 22.6 Å². The Morgan fingerprint density at radius 1 is 1.22 bits per heavy atom. The van der Waals surface area contributed by atoms with Crippen molar-refractivity contribution in [2.45, 2.75) is 39.1 Å². The molecule has 1 N–H and O–H groups in total. The van der Waals surface area contributed by atoms with E-state index < -0.39 is 20.6 Å². The lowest BCUT2D eigenvalue weighted by Gasteiger charge is -2.08. The molecule has 1 aromatic carbocycles. The molecule has 0 unspecified atom stereocenters. The van der Waals surface area contributed by atoms with Gasteiger partial charge in [-0.2, -0.15) is 0 Å². The van der Waals surface area contributed by atoms with E-state index in [1.165, 1.54) is 12.1 Å². The van der Waals surface area contributed by atoms with Crippen molar-refractivity contribution in [1.82, 2.24) is 9.71 Å². The van der Waals surface area contributed by atoms with Gasteiger partial charge in [0.1, 0.15) is 5.76 Å². The minimum Gasteiger partial charge on any atom is -0.444 e. The average molecular weight is 339 g/mol. The Morgan fingerprint density at radius 3 is 2.35 bits per heavy atom. The molecule has 8 nitrogen and oxygen atoms in total. The highest BCUT2D eigenvalue weighted by atomic mass is 32.2. The minimum atomic E-state index is -4.07. The summed E-state index contributed by atoms with van der Waals surface area (Å²) >= 11 is 0. The van der Waals surface area contributed by atoms with Crippen molar-refractivity contribution in [2.75, 3.05) is 0 Å². The van der Waals surface area contributed by atoms with Crippen LogP contribution in [-0.2, 0) is 16.6 Å². The Bertz CT molecular complexity index is 851. The molecule has 0 aliphatic heterocycles. The van der Waals surface area contributed by atoms with Gasteiger partial charge in [0.25, 0.3) is 5.69 Å². The van der Waals surface area contributed by atoms with Gasteiger partial charge in [0.2, 0.25) is 15.9 Å². The Kier molecular flexibility index (Phi) is 4.53. The molecule has 0 fully saturated rings. The van der Waals surface area contributed by atoms with Crippen molar-refractivity contribution in [3.05, 3.63) is 50.7 Å². The van der Waals surface area contributed by atoms with Gasteiger partial charge in [-0.3, -0.25) is 10.1 Å². The molecule has 0 radical (unpaired) electrons. The third-order valence-electron chi connectivity index (χ3n) is 3.55. The van der Waals surface area contributed by atoms with Crippen molar-refractivity contribution in [1.29, 1.82) is 0 Å². The van der Waals surface area contributed by atoms with Crippen LogP contribution in [0.4, 0.5) is 5.69 Å². The number of nitro groups is 1. The zero-order valence-corrected chi connectivity index (χ0v) is 14.0. The highest BCUT2D eigenvalue weighted by molar-refractivity contribution is 7.89. The molecule has 23 heavy (non-hydrogen) atoms. The molecule has 9 heteroatoms. The van der Waals surface area contributed by atoms with Gasteiger partial charge in [-0.1, -0.05) is 0 Å². The average Bonchev–Trinajstić information content (AvgIpc) is 2.78. The highest BCUT2D eigenvalue weighted by Gasteiger charge is 2.27. The van der Waals surface area contributed by atoms with Crippen LogP contribution in [0.2, 0.25) is 0 Å². The van der Waals surface area contributed by atoms with Crippen LogP contribution in [0.5, 0.6) is 0 Å². The van der Waals surface area contributed by atoms with Gasteiger partial charge >= 0.3 is 0 Å². The van der Waals surface area contributed by atoms with Crippen molar-refractivity contribution in [3.8, 4) is 0 Å². The van der Waals surface area contributed by atoms with Crippen molar-refractivity contribution in [3.63, 3.8) is 0 Å². The fraction of sp³-hybridized carbons (Fsp3) is 0.357. The summed E-state index contributed by atoms with van der Waals surface area (Å²) in [6.45, 7) is 6.66. The first kappa shape index (κ1) is 17.1. The maximum atomic E-state index is 12.4. The number of hydrogen-bond donors (Lipinski definition) is 1. The number of oxazole rings is 1. The third-order valence-corrected chi connectivity index (χ3v) is 4.98. The van der Waals surface area contributed by atoms with Crippen LogP contribution >= 0.6 is 0 Å². The predicted octanol–water partition coefficient (Wildman–Crippen LogP) is 2.29. The summed E-state index contributed by atoms with van der Waals surface area (Å²) in [5.74, 6) is 0.798. The summed E-state index contributed by atoms with van der Waals surface area (Å²) in [6.07, 6.45) is 0. The molecular weight excluding hydrogens is 322 g/mol. The molecular formula is C14H17N3O5S. The van der Waals surface area contributed by atoms with E-state index >= 15 is 0 Å². The lowest BCUT2D eigenvalue weighted by molar-refractivity contribution is -0.387. The molecule has 0 amide bonds. The second-order valence-corrected chi connectivity index (χ2v) is 6.97. The summed E-state index contributed by atoms with van der Waals surface area (Å²) in [7, 11) is -4.07. The smallest absolute Gasteiger partial charge is 0.289 e. The van der Waals surface area contributed by atoms with Gasteiger partial charge in [0, 0.05) is 6.07 Å². The molecule has 0 saturated heterocycles. The van der Waals surface area contributed by atoms with E-state index in [0.717, 1.165) is 0 Å². The Labute approximate surface area is 133 Å². The van der Waals surface area contributed by atoms with Gasteiger partial charge in [0.15, 0.2) is 4.90 Å². The predicted molar refractivity (Wildman–Crippen MR) is 82.6 cm³/mol. The Morgan fingerprint density at radius 2 is 1.83 bits per heavy atom. The molecule has 2 aromatic rings. The summed E-state index contributed by atoms with van der Waals surface area (Å²) < 4.78 is 32.4. The first-order valence-corrected chi connectivity index (χ1v) is 8.28. The fourth-order valence-electron chi connectivity index (χ4n) is 1.98. The van der Waals surface area contributed by atoms with E-state index in [1.54, 1.807) is 27.7 Å². The number of nitro benzene ring substituents is 1. The quantitative estimate of drug-likeness (QED) is 0.660. The number of hydrogen-bond acceptors (Lipinski definition) is 6. The van der Waals surface area contributed by atoms with E-state index in [9.17, 15) is 18.5 Å². The van der Waals surface area contributed by atoms with Gasteiger partial charge in [-0.15, -0.1) is 0 Å². The van der Waals surface area contributed by atoms with Crippen LogP contribution in [0.3, 0.4) is 0 Å². The number of aromatic nitrogens is 1. The highest BCUT2D eigenvalue weighted by Crippen LogP contribution is 2.27. The standard InChI is InChI=1S/C14H17N3O5S/c1-8-5-12(17(18)19)13(6-9(8)2)23(20,21)15-7-14-16-10(3)11(4)22-14/h5-6,15H,7H2,1-4H3. The molecule has 0 saturated carbocycles. The molecule has 1 aromatic heterocycles. The van der Waals surface area contributed by atoms with Gasteiger partial charge in [-0.25, -0.2) is 18.1 Å². The first-order chi connectivity index (χ1) is 10.6. The number of rotatable bonds is 5. The summed E-state index contributed by atoms with van der Waals surface area (Å²) in [4.78, 5) is 14.1. The van der Waals surface area contributed by atoms with Crippen molar-refractivity contribution in [2.24, 2.45) is 0 Å². The fourth-order valence-corrected chi connectivity index (χ4v) is 3.19. The van der Waals surface area contributed by atoms with Crippen LogP contribution in [0.15, 0.2) is 21.4 Å². The number of nitrogens with zero attached hydrogens (tertiary/aromatic N) is 2. The molecule has 2 rings (SSSR count). The van der Waals surface area contributed by atoms with Crippen LogP contribution in [0, 0.1) is 37.8 Å². The first-order valence-electron chi connectivity index (χ1n) is 6.80. The zero-order valence-electron chi connectivity index (χ0n) is 13.2. The van der Waals surface area contributed by atoms with Gasteiger partial charge < -0.3 is 4.42 Å². The topological polar surface area (TPSA) is 115 Å². The van der Waals surface area contributed by atoms with Gasteiger partial charge in [0.05, 0.1) is 17.2 Å². The monoisotopic (exact) mass is 339 g/mol. The summed E-state index contributed by atoms with van der Waals surface area (Å²) in [5.41, 5.74) is 1.50. The normalized spacial score (nSPS) is 11.7. The van der Waals surface area contributed by atoms with E-state index in [4.69, 9.17) is 4.42 Å². The number of benzene rings is 1. The van der Waals surface area contributed by atoms with E-state index in [2.05, 4.69) is 9.71 Å². The molecule has 1 heterocycles. The van der Waals surface area contributed by atoms with Crippen LogP contribution in [0.1, 0.15) is 28.5 Å². The third kappa shape index (κ3) is 3.57. The molecule has 0 aliphatic rings. The lowest BCUT2D eigenvalue weighted by atomic mass is 10.1. The molecule has 0 atom stereocenters. The number of sulfonamides is 1. The Hall–Kier alpha value is -2.26. The van der Waals surface area contributed by atoms with Crippen molar-refractivity contribution < 1.29 is 17.8 Å². The molecule has 0 spiro atoms. The molecule has 0 aliphatic carbocycles. The van der Waals surface area contributed by atoms with Crippen molar-refractivity contribution >= 4 is 15.7 Å². The van der Waals surface area contributed by atoms with Gasteiger partial charge in [-0.05, 0) is 44.9 Å². The number of nitrogens with one attached hydrogen (secondary N) is 1. The van der Waals surface area contributed by atoms with E-state index in [1.807, 2.05) is 0 Å².